The summed E-state index contributed by atoms with van der Waals surface area (Å²) >= 11 is 12.1. The number of halogens is 2. The van der Waals surface area contributed by atoms with E-state index in [0.29, 0.717) is 22.8 Å². The van der Waals surface area contributed by atoms with E-state index in [9.17, 15) is 9.90 Å². The topological polar surface area (TPSA) is 78.1 Å². The molecule has 8 heteroatoms. The van der Waals surface area contributed by atoms with E-state index in [1.165, 1.54) is 33.5 Å². The lowest BCUT2D eigenvalue weighted by atomic mass is 10.1. The minimum absolute atomic E-state index is 0.0778. The number of aromatic hydroxyl groups is 1. The third-order valence-corrected chi connectivity index (χ3v) is 4.31. The summed E-state index contributed by atoms with van der Waals surface area (Å²) in [7, 11) is 4.38. The largest absolute Gasteiger partial charge is 0.502 e. The van der Waals surface area contributed by atoms with Gasteiger partial charge in [-0.05, 0) is 24.3 Å². The molecule has 0 bridgehead atoms. The number of benzene rings is 2. The van der Waals surface area contributed by atoms with Gasteiger partial charge in [0, 0.05) is 10.6 Å². The molecule has 0 atom stereocenters. The minimum atomic E-state index is -0.653. The fraction of sp³-hybridized carbons (Fsp3) is 0.167. The normalized spacial score (nSPS) is 10.8. The second-order valence-corrected chi connectivity index (χ2v) is 6.13. The van der Waals surface area contributed by atoms with Gasteiger partial charge in [-0.25, -0.2) is 0 Å². The van der Waals surface area contributed by atoms with Crippen molar-refractivity contribution in [2.24, 2.45) is 0 Å². The third-order valence-electron chi connectivity index (χ3n) is 3.81. The predicted molar refractivity (Wildman–Crippen MR) is 99.3 cm³/mol. The van der Waals surface area contributed by atoms with Gasteiger partial charge >= 0.3 is 0 Å². The number of fused-ring (bicyclic) bond motifs is 1. The fourth-order valence-corrected chi connectivity index (χ4v) is 3.15. The SMILES string of the molecule is COc1cc(-c2oc3c(Cl)cc(Cl)cc3c(=O)c2O)cc(OC)c1OC. The van der Waals surface area contributed by atoms with Crippen LogP contribution >= 0.6 is 23.2 Å². The molecule has 26 heavy (non-hydrogen) atoms. The number of hydrogen-bond donors (Lipinski definition) is 1. The summed E-state index contributed by atoms with van der Waals surface area (Å²) in [5.74, 6) is 0.389. The smallest absolute Gasteiger partial charge is 0.235 e. The molecule has 136 valence electrons. The second kappa shape index (κ2) is 6.97. The Morgan fingerprint density at radius 2 is 1.58 bits per heavy atom. The average Bonchev–Trinajstić information content (AvgIpc) is 2.63. The molecule has 1 aromatic heterocycles. The maximum atomic E-state index is 12.5. The van der Waals surface area contributed by atoms with Crippen LogP contribution in [0.3, 0.4) is 0 Å². The van der Waals surface area contributed by atoms with Gasteiger partial charge in [-0.3, -0.25) is 4.79 Å². The van der Waals surface area contributed by atoms with Crippen LogP contribution in [0.2, 0.25) is 10.0 Å². The van der Waals surface area contributed by atoms with Gasteiger partial charge in [-0.2, -0.15) is 0 Å². The maximum Gasteiger partial charge on any atom is 0.235 e. The highest BCUT2D eigenvalue weighted by Crippen LogP contribution is 2.43. The van der Waals surface area contributed by atoms with E-state index in [1.807, 2.05) is 0 Å². The van der Waals surface area contributed by atoms with Gasteiger partial charge in [-0.15, -0.1) is 0 Å². The molecule has 3 rings (SSSR count). The highest BCUT2D eigenvalue weighted by atomic mass is 35.5. The van der Waals surface area contributed by atoms with Crippen molar-refractivity contribution in [2.75, 3.05) is 21.3 Å². The first-order valence-corrected chi connectivity index (χ1v) is 8.12. The molecule has 0 amide bonds. The summed E-state index contributed by atoms with van der Waals surface area (Å²) in [5.41, 5.74) is -0.191. The zero-order chi connectivity index (χ0) is 19.0. The lowest BCUT2D eigenvalue weighted by molar-refractivity contribution is 0.324. The van der Waals surface area contributed by atoms with Crippen molar-refractivity contribution in [3.05, 3.63) is 44.5 Å². The van der Waals surface area contributed by atoms with E-state index >= 15 is 0 Å². The number of methoxy groups -OCH3 is 3. The highest BCUT2D eigenvalue weighted by molar-refractivity contribution is 6.38. The van der Waals surface area contributed by atoms with Crippen molar-refractivity contribution >= 4 is 34.2 Å². The van der Waals surface area contributed by atoms with Gasteiger partial charge < -0.3 is 23.7 Å². The van der Waals surface area contributed by atoms with Gasteiger partial charge in [0.2, 0.25) is 16.9 Å². The van der Waals surface area contributed by atoms with Gasteiger partial charge in [-0.1, -0.05) is 23.2 Å². The molecule has 0 aliphatic heterocycles. The first-order chi connectivity index (χ1) is 12.4. The number of hydrogen-bond acceptors (Lipinski definition) is 6. The van der Waals surface area contributed by atoms with Crippen LogP contribution in [0.5, 0.6) is 23.0 Å². The molecular formula is C18H14Cl2O6. The maximum absolute atomic E-state index is 12.5. The van der Waals surface area contributed by atoms with Gasteiger partial charge in [0.05, 0.1) is 31.7 Å². The van der Waals surface area contributed by atoms with Crippen LogP contribution in [0.4, 0.5) is 0 Å². The lowest BCUT2D eigenvalue weighted by Gasteiger charge is -2.14. The van der Waals surface area contributed by atoms with Crippen LogP contribution < -0.4 is 19.6 Å². The molecule has 0 aliphatic carbocycles. The number of ether oxygens (including phenoxy) is 3. The molecule has 1 N–H and O–H groups in total. The van der Waals surface area contributed by atoms with E-state index in [-0.39, 0.29) is 26.8 Å². The minimum Gasteiger partial charge on any atom is -0.502 e. The molecule has 0 aliphatic rings. The second-order valence-electron chi connectivity index (χ2n) is 5.29. The van der Waals surface area contributed by atoms with Crippen molar-refractivity contribution in [3.8, 4) is 34.3 Å². The first-order valence-electron chi connectivity index (χ1n) is 7.36. The number of rotatable bonds is 4. The molecule has 6 nitrogen and oxygen atoms in total. The predicted octanol–water partition coefficient (Wildman–Crippen LogP) is 4.50. The van der Waals surface area contributed by atoms with Crippen molar-refractivity contribution in [1.82, 2.24) is 0 Å². The summed E-state index contributed by atoms with van der Waals surface area (Å²) in [5, 5.41) is 10.9. The summed E-state index contributed by atoms with van der Waals surface area (Å²) in [6.07, 6.45) is 0. The zero-order valence-electron chi connectivity index (χ0n) is 14.1. The Labute approximate surface area is 158 Å². The molecule has 0 saturated heterocycles. The van der Waals surface area contributed by atoms with Crippen molar-refractivity contribution < 1.29 is 23.7 Å². The van der Waals surface area contributed by atoms with E-state index in [4.69, 9.17) is 41.8 Å². The molecule has 1 heterocycles. The standard InChI is InChI=1S/C18H14Cl2O6/c1-23-12-4-8(5-13(24-2)18(12)25-3)16-15(22)14(21)10-6-9(19)7-11(20)17(10)26-16/h4-7,22H,1-3H3. The van der Waals surface area contributed by atoms with E-state index < -0.39 is 11.2 Å². The molecule has 3 aromatic rings. The van der Waals surface area contributed by atoms with E-state index in [1.54, 1.807) is 12.1 Å². The monoisotopic (exact) mass is 396 g/mol. The first kappa shape index (κ1) is 18.2. The molecule has 2 aromatic carbocycles. The Hall–Kier alpha value is -2.57. The Morgan fingerprint density at radius 3 is 2.12 bits per heavy atom. The van der Waals surface area contributed by atoms with Crippen LogP contribution in [0.15, 0.2) is 33.5 Å². The van der Waals surface area contributed by atoms with Crippen molar-refractivity contribution in [3.63, 3.8) is 0 Å². The lowest BCUT2D eigenvalue weighted by Crippen LogP contribution is -2.03. The van der Waals surface area contributed by atoms with Crippen LogP contribution in [0.1, 0.15) is 0 Å². The Morgan fingerprint density at radius 1 is 0.962 bits per heavy atom. The zero-order valence-corrected chi connectivity index (χ0v) is 15.6. The van der Waals surface area contributed by atoms with Crippen molar-refractivity contribution in [1.29, 1.82) is 0 Å². The van der Waals surface area contributed by atoms with Gasteiger partial charge in [0.25, 0.3) is 0 Å². The molecule has 0 fully saturated rings. The Balaban J connectivity index is 2.36. The molecule has 0 spiro atoms. The van der Waals surface area contributed by atoms with Gasteiger partial charge in [0.15, 0.2) is 22.8 Å². The summed E-state index contributed by atoms with van der Waals surface area (Å²) in [6, 6.07) is 5.93. The van der Waals surface area contributed by atoms with Crippen LogP contribution in [-0.2, 0) is 0 Å². The summed E-state index contributed by atoms with van der Waals surface area (Å²) < 4.78 is 21.6. The van der Waals surface area contributed by atoms with E-state index in [2.05, 4.69) is 0 Å². The van der Waals surface area contributed by atoms with Crippen LogP contribution in [-0.4, -0.2) is 26.4 Å². The summed E-state index contributed by atoms with van der Waals surface area (Å²) in [6.45, 7) is 0. The Kier molecular flexibility index (Phi) is 4.89. The molecule has 0 saturated carbocycles. The fourth-order valence-electron chi connectivity index (χ4n) is 2.62. The van der Waals surface area contributed by atoms with Crippen LogP contribution in [0, 0.1) is 0 Å². The molecular weight excluding hydrogens is 383 g/mol. The Bertz CT molecular complexity index is 1030. The van der Waals surface area contributed by atoms with Crippen LogP contribution in [0.25, 0.3) is 22.3 Å². The third kappa shape index (κ3) is 2.91. The molecule has 0 radical (unpaired) electrons. The molecule has 0 unspecified atom stereocenters. The van der Waals surface area contributed by atoms with Crippen molar-refractivity contribution in [2.45, 2.75) is 0 Å². The van der Waals surface area contributed by atoms with E-state index in [0.717, 1.165) is 0 Å². The van der Waals surface area contributed by atoms with Gasteiger partial charge in [0.1, 0.15) is 0 Å². The summed E-state index contributed by atoms with van der Waals surface area (Å²) in [4.78, 5) is 12.5. The quantitative estimate of drug-likeness (QED) is 0.699. The highest BCUT2D eigenvalue weighted by Gasteiger charge is 2.21. The average molecular weight is 397 g/mol.